The van der Waals surface area contributed by atoms with Crippen LogP contribution in [0.4, 0.5) is 0 Å². The van der Waals surface area contributed by atoms with Crippen LogP contribution >= 0.6 is 0 Å². The minimum Gasteiger partial charge on any atom is -0.462 e. The molecule has 0 saturated carbocycles. The highest BCUT2D eigenvalue weighted by atomic mass is 16.5. The fraction of sp³-hybridized carbons (Fsp3) is 0.357. The van der Waals surface area contributed by atoms with Crippen molar-refractivity contribution in [3.05, 3.63) is 42.2 Å². The predicted octanol–water partition coefficient (Wildman–Crippen LogP) is 2.82. The molecule has 0 unspecified atom stereocenters. The summed E-state index contributed by atoms with van der Waals surface area (Å²) < 4.78 is 11.0. The minimum atomic E-state index is 0.370. The standard InChI is InChI=1S/C14H16O3/c1-11(13-6-8-16-9-7-13)17-14-4-2-12(10-15)3-5-14/h2-5,10,13H,1,6-9H2. The molecule has 0 N–H and O–H groups in total. The van der Waals surface area contributed by atoms with Gasteiger partial charge in [0.05, 0.1) is 0 Å². The molecule has 0 atom stereocenters. The van der Waals surface area contributed by atoms with E-state index in [1.807, 2.05) is 0 Å². The summed E-state index contributed by atoms with van der Waals surface area (Å²) in [6.07, 6.45) is 2.74. The van der Waals surface area contributed by atoms with E-state index in [0.29, 0.717) is 11.5 Å². The quantitative estimate of drug-likeness (QED) is 0.591. The number of allylic oxidation sites excluding steroid dienone is 1. The third kappa shape index (κ3) is 3.17. The molecule has 0 aromatic heterocycles. The van der Waals surface area contributed by atoms with Gasteiger partial charge >= 0.3 is 0 Å². The van der Waals surface area contributed by atoms with Crippen molar-refractivity contribution >= 4 is 6.29 Å². The van der Waals surface area contributed by atoms with Crippen LogP contribution in [0.3, 0.4) is 0 Å². The van der Waals surface area contributed by atoms with Crippen LogP contribution in [0.1, 0.15) is 23.2 Å². The molecule has 1 heterocycles. The van der Waals surface area contributed by atoms with Gasteiger partial charge in [-0.1, -0.05) is 6.58 Å². The van der Waals surface area contributed by atoms with Crippen molar-refractivity contribution in [1.29, 1.82) is 0 Å². The first-order chi connectivity index (χ1) is 8.29. The summed E-state index contributed by atoms with van der Waals surface area (Å²) in [6.45, 7) is 5.52. The van der Waals surface area contributed by atoms with Gasteiger partial charge in [-0.15, -0.1) is 0 Å². The third-order valence-corrected chi connectivity index (χ3v) is 2.94. The molecule has 1 aliphatic heterocycles. The van der Waals surface area contributed by atoms with E-state index in [4.69, 9.17) is 9.47 Å². The lowest BCUT2D eigenvalue weighted by molar-refractivity contribution is 0.0663. The molecule has 1 aromatic carbocycles. The SMILES string of the molecule is C=C(Oc1ccc(C=O)cc1)C1CCOCC1. The highest BCUT2D eigenvalue weighted by Crippen LogP contribution is 2.25. The number of aldehydes is 1. The zero-order chi connectivity index (χ0) is 12.1. The summed E-state index contributed by atoms with van der Waals surface area (Å²) >= 11 is 0. The van der Waals surface area contributed by atoms with E-state index in [-0.39, 0.29) is 0 Å². The summed E-state index contributed by atoms with van der Waals surface area (Å²) in [4.78, 5) is 10.5. The van der Waals surface area contributed by atoms with Gasteiger partial charge in [0.1, 0.15) is 17.8 Å². The molecule has 3 heteroatoms. The first-order valence-corrected chi connectivity index (χ1v) is 5.79. The number of carbonyl (C=O) groups is 1. The van der Waals surface area contributed by atoms with Gasteiger partial charge in [0.25, 0.3) is 0 Å². The Labute approximate surface area is 101 Å². The fourth-order valence-electron chi connectivity index (χ4n) is 1.87. The van der Waals surface area contributed by atoms with Gasteiger partial charge in [-0.25, -0.2) is 0 Å². The second-order valence-corrected chi connectivity index (χ2v) is 4.14. The normalized spacial score (nSPS) is 16.5. The Bertz CT molecular complexity index is 388. The van der Waals surface area contributed by atoms with Gasteiger partial charge in [0.15, 0.2) is 0 Å². The van der Waals surface area contributed by atoms with Gasteiger partial charge in [-0.05, 0) is 37.1 Å². The van der Waals surface area contributed by atoms with Crippen LogP contribution in [0.2, 0.25) is 0 Å². The lowest BCUT2D eigenvalue weighted by Gasteiger charge is -2.23. The molecule has 0 radical (unpaired) electrons. The zero-order valence-corrected chi connectivity index (χ0v) is 9.72. The molecule has 1 saturated heterocycles. The van der Waals surface area contributed by atoms with Crippen LogP contribution in [0.25, 0.3) is 0 Å². The van der Waals surface area contributed by atoms with Crippen LogP contribution in [0, 0.1) is 5.92 Å². The summed E-state index contributed by atoms with van der Waals surface area (Å²) in [7, 11) is 0. The van der Waals surface area contributed by atoms with Crippen LogP contribution in [0.15, 0.2) is 36.6 Å². The van der Waals surface area contributed by atoms with E-state index >= 15 is 0 Å². The molecule has 0 amide bonds. The lowest BCUT2D eigenvalue weighted by Crippen LogP contribution is -2.19. The Balaban J connectivity index is 1.94. The number of benzene rings is 1. The second kappa shape index (κ2) is 5.64. The van der Waals surface area contributed by atoms with Crippen molar-refractivity contribution in [1.82, 2.24) is 0 Å². The first kappa shape index (κ1) is 11.9. The maximum absolute atomic E-state index is 10.5. The van der Waals surface area contributed by atoms with Crippen molar-refractivity contribution in [2.24, 2.45) is 5.92 Å². The lowest BCUT2D eigenvalue weighted by atomic mass is 9.99. The van der Waals surface area contributed by atoms with E-state index in [0.717, 1.165) is 43.9 Å². The van der Waals surface area contributed by atoms with Crippen molar-refractivity contribution in [2.75, 3.05) is 13.2 Å². The van der Waals surface area contributed by atoms with Crippen molar-refractivity contribution < 1.29 is 14.3 Å². The molecule has 17 heavy (non-hydrogen) atoms. The molecule has 1 aromatic rings. The Kier molecular flexibility index (Phi) is 3.94. The van der Waals surface area contributed by atoms with Crippen molar-refractivity contribution in [3.63, 3.8) is 0 Å². The largest absolute Gasteiger partial charge is 0.462 e. The number of hydrogen-bond acceptors (Lipinski definition) is 3. The van der Waals surface area contributed by atoms with E-state index in [1.165, 1.54) is 0 Å². The first-order valence-electron chi connectivity index (χ1n) is 5.79. The molecule has 0 spiro atoms. The second-order valence-electron chi connectivity index (χ2n) is 4.14. The smallest absolute Gasteiger partial charge is 0.150 e. The maximum atomic E-state index is 10.5. The molecule has 0 aliphatic carbocycles. The number of hydrogen-bond donors (Lipinski definition) is 0. The average molecular weight is 232 g/mol. The molecule has 3 nitrogen and oxygen atoms in total. The summed E-state index contributed by atoms with van der Waals surface area (Å²) in [5, 5.41) is 0. The summed E-state index contributed by atoms with van der Waals surface area (Å²) in [5.41, 5.74) is 0.647. The van der Waals surface area contributed by atoms with Gasteiger partial charge in [-0.2, -0.15) is 0 Å². The number of rotatable bonds is 4. The summed E-state index contributed by atoms with van der Waals surface area (Å²) in [5.74, 6) is 1.88. The van der Waals surface area contributed by atoms with E-state index in [2.05, 4.69) is 6.58 Å². The Morgan fingerprint density at radius 2 is 1.94 bits per heavy atom. The molecule has 2 rings (SSSR count). The predicted molar refractivity (Wildman–Crippen MR) is 65.1 cm³/mol. The van der Waals surface area contributed by atoms with Crippen molar-refractivity contribution in [3.8, 4) is 5.75 Å². The zero-order valence-electron chi connectivity index (χ0n) is 9.72. The van der Waals surface area contributed by atoms with Crippen LogP contribution in [0.5, 0.6) is 5.75 Å². The van der Waals surface area contributed by atoms with E-state index < -0.39 is 0 Å². The van der Waals surface area contributed by atoms with Crippen molar-refractivity contribution in [2.45, 2.75) is 12.8 Å². The van der Waals surface area contributed by atoms with Gasteiger partial charge < -0.3 is 9.47 Å². The Morgan fingerprint density at radius 3 is 2.53 bits per heavy atom. The third-order valence-electron chi connectivity index (χ3n) is 2.94. The van der Waals surface area contributed by atoms with Crippen LogP contribution in [-0.4, -0.2) is 19.5 Å². The van der Waals surface area contributed by atoms with Gasteiger partial charge in [-0.3, -0.25) is 4.79 Å². The molecule has 1 fully saturated rings. The highest BCUT2D eigenvalue weighted by molar-refractivity contribution is 5.74. The molecule has 90 valence electrons. The number of carbonyl (C=O) groups excluding carboxylic acids is 1. The average Bonchev–Trinajstić information content (AvgIpc) is 2.40. The molecular weight excluding hydrogens is 216 g/mol. The van der Waals surface area contributed by atoms with E-state index in [1.54, 1.807) is 24.3 Å². The molecular formula is C14H16O3. The van der Waals surface area contributed by atoms with Gasteiger partial charge in [0, 0.05) is 24.7 Å². The highest BCUT2D eigenvalue weighted by Gasteiger charge is 2.18. The molecule has 1 aliphatic rings. The maximum Gasteiger partial charge on any atom is 0.150 e. The Hall–Kier alpha value is -1.61. The number of ether oxygens (including phenoxy) is 2. The van der Waals surface area contributed by atoms with Gasteiger partial charge in [0.2, 0.25) is 0 Å². The summed E-state index contributed by atoms with van der Waals surface area (Å²) in [6, 6.07) is 7.04. The van der Waals surface area contributed by atoms with Crippen LogP contribution in [-0.2, 0) is 4.74 Å². The molecule has 0 bridgehead atoms. The monoisotopic (exact) mass is 232 g/mol. The topological polar surface area (TPSA) is 35.5 Å². The minimum absolute atomic E-state index is 0.370. The fourth-order valence-corrected chi connectivity index (χ4v) is 1.87. The Morgan fingerprint density at radius 1 is 1.29 bits per heavy atom. The van der Waals surface area contributed by atoms with Crippen LogP contribution < -0.4 is 4.74 Å². The van der Waals surface area contributed by atoms with E-state index in [9.17, 15) is 4.79 Å².